The fourth-order valence-corrected chi connectivity index (χ4v) is 52.3. The van der Waals surface area contributed by atoms with Crippen LogP contribution in [0.15, 0.2) is 158 Å². The molecule has 0 aliphatic heterocycles. The standard InChI is InChI=1S/C68H72S4.C34H40S4.12CH3.4Sn/c1-5-9-13-17-21-47-25-33-51(34-26-47)67(52-35-27-48(28-36-52)22-18-14-10-6-2)57-45-56-58(46-55(57)63-61(67)65-59(71-63)41-43-69-65)68(62-64(56)72-60-42-44-70-66(60)62,53-37-29-49(30-38-53)23-19-15-11-7-3)54-39-31-50(32-40-54)24-20-16-12-8-4;1-5-9-11-23(7-3)21-25-13-15-29(37-25)31-27-17-19-36-34(27)32(28-18-20-35-33(28)31)30-16-14-26(38-30)22-24(8-4)12-10-6-2;;;;;;;;;;;;;;;;/h25-42,45-46H,5-24H2,1-4H3;13-18,23-24H,5-12,21-22H2,1-4H3;12*1H3;;;;. The van der Waals surface area contributed by atoms with Crippen molar-refractivity contribution in [1.82, 2.24) is 0 Å². The van der Waals surface area contributed by atoms with E-state index in [1.165, 1.54) is 272 Å². The Morgan fingerprint density at radius 1 is 0.278 bits per heavy atom. The molecular formula is C114H148S8Sn4. The molecule has 2 aliphatic carbocycles. The molecule has 668 valence electrons. The summed E-state index contributed by atoms with van der Waals surface area (Å²) in [6, 6.07) is 66.9. The van der Waals surface area contributed by atoms with Gasteiger partial charge in [-0.3, -0.25) is 0 Å². The maximum atomic E-state index is 2.80. The zero-order valence-corrected chi connectivity index (χ0v) is 98.6. The normalized spacial score (nSPS) is 14.3. The number of hydrogen-bond donors (Lipinski definition) is 0. The van der Waals surface area contributed by atoms with Gasteiger partial charge in [0.15, 0.2) is 0 Å². The predicted molar refractivity (Wildman–Crippen MR) is 589 cm³/mol. The van der Waals surface area contributed by atoms with Gasteiger partial charge in [-0.15, -0.1) is 0 Å². The zero-order valence-electron chi connectivity index (χ0n) is 80.6. The number of fused-ring (bicyclic) bond motifs is 12. The molecule has 14 aromatic rings. The van der Waals surface area contributed by atoms with E-state index in [1.807, 2.05) is 0 Å². The van der Waals surface area contributed by atoms with Crippen molar-refractivity contribution < 1.29 is 0 Å². The van der Waals surface area contributed by atoms with E-state index in [0.717, 1.165) is 37.5 Å². The van der Waals surface area contributed by atoms with Crippen molar-refractivity contribution in [2.75, 3.05) is 0 Å². The molecule has 0 saturated carbocycles. The summed E-state index contributed by atoms with van der Waals surface area (Å²) in [5.74, 6) is 1.62. The van der Waals surface area contributed by atoms with Crippen LogP contribution in [0, 0.1) is 11.8 Å². The molecule has 16 rings (SSSR count). The number of unbranched alkanes of at least 4 members (excludes halogenated alkanes) is 14. The van der Waals surface area contributed by atoms with E-state index in [0.29, 0.717) is 0 Å². The number of rotatable bonds is 42. The Kier molecular flexibility index (Phi) is 33.0. The Hall–Kier alpha value is -2.85. The van der Waals surface area contributed by atoms with Crippen molar-refractivity contribution in [3.8, 4) is 41.8 Å². The van der Waals surface area contributed by atoms with Gasteiger partial charge in [0.2, 0.25) is 0 Å². The molecular weight excluding hydrogens is 2100 g/mol. The first kappa shape index (κ1) is 97.7. The zero-order chi connectivity index (χ0) is 89.0. The molecule has 0 nitrogen and oxygen atoms in total. The molecule has 6 aromatic carbocycles. The third kappa shape index (κ3) is 20.6. The summed E-state index contributed by atoms with van der Waals surface area (Å²) in [6.45, 7) is 18.7. The van der Waals surface area contributed by atoms with Crippen molar-refractivity contribution in [2.45, 2.75) is 318 Å². The minimum absolute atomic E-state index is 0.484. The minimum atomic E-state index is -2.48. The van der Waals surface area contributed by atoms with Crippen molar-refractivity contribution in [3.05, 3.63) is 234 Å². The summed E-state index contributed by atoms with van der Waals surface area (Å²) in [5.41, 5.74) is 22.7. The van der Waals surface area contributed by atoms with Crippen LogP contribution in [0.4, 0.5) is 0 Å². The van der Waals surface area contributed by atoms with Crippen LogP contribution in [0.25, 0.3) is 80.7 Å². The summed E-state index contributed by atoms with van der Waals surface area (Å²) in [5, 5.41) is 3.09. The van der Waals surface area contributed by atoms with Gasteiger partial charge in [0.05, 0.1) is 0 Å². The average Bonchev–Trinajstić information content (AvgIpc) is 1.49. The van der Waals surface area contributed by atoms with E-state index in [9.17, 15) is 0 Å². The van der Waals surface area contributed by atoms with E-state index in [-0.39, 0.29) is 0 Å². The van der Waals surface area contributed by atoms with Crippen LogP contribution in [0.3, 0.4) is 0 Å². The molecule has 0 N–H and O–H groups in total. The summed E-state index contributed by atoms with van der Waals surface area (Å²) in [7, 11) is 0. The molecule has 2 atom stereocenters. The molecule has 0 radical (unpaired) electrons. The first-order chi connectivity index (χ1) is 60.6. The monoisotopic (exact) mass is 2250 g/mol. The molecule has 0 bridgehead atoms. The maximum absolute atomic E-state index is 2.80. The molecule has 0 saturated heterocycles. The second-order valence-electron chi connectivity index (χ2n) is 41.9. The molecule has 0 amide bonds. The Labute approximate surface area is 810 Å². The Bertz CT molecular complexity index is 5430. The van der Waals surface area contributed by atoms with E-state index < -0.39 is 84.3 Å². The second-order valence-corrected chi connectivity index (χ2v) is 112. The molecule has 8 aromatic heterocycles. The van der Waals surface area contributed by atoms with Gasteiger partial charge in [-0.25, -0.2) is 0 Å². The average molecular weight is 2250 g/mol. The van der Waals surface area contributed by atoms with Crippen LogP contribution in [-0.2, 0) is 49.4 Å². The first-order valence-electron chi connectivity index (χ1n) is 49.6. The predicted octanol–water partition coefficient (Wildman–Crippen LogP) is 36.7. The quantitative estimate of drug-likeness (QED) is 0.0264. The van der Waals surface area contributed by atoms with E-state index in [2.05, 4.69) is 363 Å². The van der Waals surface area contributed by atoms with Gasteiger partial charge >= 0.3 is 728 Å². The van der Waals surface area contributed by atoms with Gasteiger partial charge in [0.1, 0.15) is 0 Å². The molecule has 126 heavy (non-hydrogen) atoms. The van der Waals surface area contributed by atoms with Gasteiger partial charge < -0.3 is 0 Å². The van der Waals surface area contributed by atoms with Crippen molar-refractivity contribution in [2.24, 2.45) is 11.8 Å². The Morgan fingerprint density at radius 2 is 0.563 bits per heavy atom. The fourth-order valence-electron chi connectivity index (χ4n) is 20.4. The van der Waals surface area contributed by atoms with E-state index in [4.69, 9.17) is 0 Å². The number of hydrogen-bond acceptors (Lipinski definition) is 8. The van der Waals surface area contributed by atoms with Crippen LogP contribution >= 0.6 is 90.7 Å². The van der Waals surface area contributed by atoms with Crippen LogP contribution in [-0.4, -0.2) is 73.5 Å². The number of aryl methyl sites for hydroxylation is 4. The van der Waals surface area contributed by atoms with Gasteiger partial charge in [0, 0.05) is 0 Å². The van der Waals surface area contributed by atoms with Gasteiger partial charge in [0.25, 0.3) is 0 Å². The van der Waals surface area contributed by atoms with Gasteiger partial charge in [-0.05, 0) is 0 Å². The molecule has 8 heterocycles. The van der Waals surface area contributed by atoms with E-state index in [1.54, 1.807) is 63.8 Å². The first-order valence-corrected chi connectivity index (χ1v) is 96.1. The fraction of sp³-hybridized carbons (Fsp3) is 0.474. The summed E-state index contributed by atoms with van der Waals surface area (Å²) >= 11 is 7.46. The van der Waals surface area contributed by atoms with Crippen LogP contribution in [0.5, 0.6) is 0 Å². The molecule has 0 spiro atoms. The van der Waals surface area contributed by atoms with Crippen LogP contribution < -0.4 is 11.6 Å². The summed E-state index contributed by atoms with van der Waals surface area (Å²) in [4.78, 5) is 40.4. The van der Waals surface area contributed by atoms with Crippen molar-refractivity contribution in [3.63, 3.8) is 0 Å². The second kappa shape index (κ2) is 42.6. The van der Waals surface area contributed by atoms with Crippen LogP contribution in [0.2, 0.25) is 59.3 Å². The van der Waals surface area contributed by atoms with Crippen LogP contribution in [0.1, 0.15) is 286 Å². The Morgan fingerprint density at radius 3 is 0.841 bits per heavy atom. The third-order valence-electron chi connectivity index (χ3n) is 28.1. The molecule has 2 aliphatic rings. The third-order valence-corrected chi connectivity index (χ3v) is 75.2. The molecule has 12 heteroatoms. The molecule has 2 unspecified atom stereocenters. The summed E-state index contributed by atoms with van der Waals surface area (Å²) in [6.07, 6.45) is 38.3. The number of benzene rings is 6. The Balaban J connectivity index is 0.000000226. The SMILES string of the molecule is CCCCC(CC)Cc1ccc(-c2c3c[c]([Sn]([CH3])([CH3])[CH3])sc3c(-c3ccc(CC(CC)CCCC)s3)c3c[c]([Sn]([CH3])([CH3])[CH3])sc23)s1.CCCCCCc1ccc(C2(c3ccc(CCCCCC)cc3)c3cc4c(cc3-c3sc5c[c]([Sn]([CH3])([CH3])[CH3])sc5c32)C(c2ccc(CCCCCC)cc2)(c2ccc(CCCCCC)cc2)c2c-4sc3c[c]([Sn]([CH3])([CH3])[CH3])sc23)cc1. The molecule has 0 fully saturated rings. The van der Waals surface area contributed by atoms with E-state index >= 15 is 0 Å². The van der Waals surface area contributed by atoms with Crippen molar-refractivity contribution in [1.29, 1.82) is 0 Å². The number of thiophene rings is 8. The summed E-state index contributed by atoms with van der Waals surface area (Å²) < 4.78 is 16.0. The topological polar surface area (TPSA) is 0 Å². The van der Waals surface area contributed by atoms with Gasteiger partial charge in [-0.2, -0.15) is 0 Å². The van der Waals surface area contributed by atoms with Crippen molar-refractivity contribution >= 4 is 215 Å². The van der Waals surface area contributed by atoms with Gasteiger partial charge in [-0.1, -0.05) is 92.9 Å².